The molecule has 2 rings (SSSR count). The predicted molar refractivity (Wildman–Crippen MR) is 45.2 cm³/mol. The summed E-state index contributed by atoms with van der Waals surface area (Å²) < 4.78 is 0. The van der Waals surface area contributed by atoms with E-state index >= 15 is 0 Å². The number of aliphatic hydroxyl groups is 2. The monoisotopic (exact) mass is 171 g/mol. The Kier molecular flexibility index (Phi) is 1.90. The molecule has 1 saturated carbocycles. The summed E-state index contributed by atoms with van der Waals surface area (Å²) >= 11 is 0. The van der Waals surface area contributed by atoms with Crippen molar-refractivity contribution in [3.8, 4) is 0 Å². The van der Waals surface area contributed by atoms with Gasteiger partial charge in [0, 0.05) is 11.8 Å². The Labute approximate surface area is 72.8 Å². The van der Waals surface area contributed by atoms with E-state index in [1.807, 2.05) is 0 Å². The van der Waals surface area contributed by atoms with E-state index in [9.17, 15) is 10.2 Å². The average Bonchev–Trinajstić information content (AvgIpc) is 2.25. The smallest absolute Gasteiger partial charge is 0.118 e. The van der Waals surface area contributed by atoms with E-state index in [1.165, 1.54) is 12.8 Å². The Morgan fingerprint density at radius 1 is 1.33 bits per heavy atom. The van der Waals surface area contributed by atoms with Gasteiger partial charge in [0.25, 0.3) is 0 Å². The predicted octanol–water partition coefficient (Wildman–Crippen LogP) is 0.423. The second kappa shape index (κ2) is 2.69. The van der Waals surface area contributed by atoms with Crippen molar-refractivity contribution in [1.82, 2.24) is 5.32 Å². The number of aliphatic hydroxyl groups excluding tert-OH is 1. The van der Waals surface area contributed by atoms with Crippen LogP contribution in [0.3, 0.4) is 0 Å². The number of rotatable bonds is 0. The molecule has 0 aromatic carbocycles. The lowest BCUT2D eigenvalue weighted by Gasteiger charge is -2.31. The molecule has 4 atom stereocenters. The zero-order valence-corrected chi connectivity index (χ0v) is 7.45. The molecular weight excluding hydrogens is 154 g/mol. The van der Waals surface area contributed by atoms with Crippen molar-refractivity contribution in [2.45, 2.75) is 44.6 Å². The van der Waals surface area contributed by atoms with Crippen LogP contribution in [0.1, 0.15) is 32.6 Å². The van der Waals surface area contributed by atoms with E-state index in [1.54, 1.807) is 6.92 Å². The lowest BCUT2D eigenvalue weighted by atomic mass is 9.77. The van der Waals surface area contributed by atoms with E-state index < -0.39 is 12.0 Å². The van der Waals surface area contributed by atoms with Gasteiger partial charge < -0.3 is 10.2 Å². The fourth-order valence-electron chi connectivity index (χ4n) is 2.75. The molecule has 3 heteroatoms. The molecule has 0 aromatic rings. The highest BCUT2D eigenvalue weighted by Gasteiger charge is 2.49. The highest BCUT2D eigenvalue weighted by Crippen LogP contribution is 2.42. The van der Waals surface area contributed by atoms with Gasteiger partial charge in [-0.3, -0.25) is 5.32 Å². The van der Waals surface area contributed by atoms with Crippen LogP contribution in [-0.4, -0.2) is 22.2 Å². The van der Waals surface area contributed by atoms with Gasteiger partial charge in [-0.1, -0.05) is 12.8 Å². The summed E-state index contributed by atoms with van der Waals surface area (Å²) in [5.41, 5.74) is -0.843. The second-order valence-corrected chi connectivity index (χ2v) is 4.29. The van der Waals surface area contributed by atoms with E-state index in [0.29, 0.717) is 0 Å². The first-order chi connectivity index (χ1) is 5.61. The third-order valence-corrected chi connectivity index (χ3v) is 3.39. The van der Waals surface area contributed by atoms with Gasteiger partial charge in [-0.05, 0) is 19.8 Å². The number of fused-ring (bicyclic) bond motifs is 1. The Morgan fingerprint density at radius 3 is 2.67 bits per heavy atom. The zero-order valence-electron chi connectivity index (χ0n) is 7.45. The molecule has 1 saturated heterocycles. The third kappa shape index (κ3) is 1.16. The normalized spacial score (nSPS) is 53.8. The van der Waals surface area contributed by atoms with Gasteiger partial charge in [0.2, 0.25) is 0 Å². The molecule has 1 heterocycles. The van der Waals surface area contributed by atoms with Crippen LogP contribution < -0.4 is 5.32 Å². The largest absolute Gasteiger partial charge is 0.378 e. The van der Waals surface area contributed by atoms with E-state index in [2.05, 4.69) is 5.32 Å². The summed E-state index contributed by atoms with van der Waals surface area (Å²) in [4.78, 5) is 0. The van der Waals surface area contributed by atoms with Crippen molar-refractivity contribution < 1.29 is 10.2 Å². The molecule has 0 aromatic heterocycles. The van der Waals surface area contributed by atoms with Crippen molar-refractivity contribution in [1.29, 1.82) is 0 Å². The minimum Gasteiger partial charge on any atom is -0.378 e. The van der Waals surface area contributed by atoms with Crippen molar-refractivity contribution in [3.05, 3.63) is 0 Å². The van der Waals surface area contributed by atoms with Gasteiger partial charge in [0.15, 0.2) is 0 Å². The zero-order chi connectivity index (χ0) is 8.77. The van der Waals surface area contributed by atoms with Crippen molar-refractivity contribution >= 4 is 0 Å². The van der Waals surface area contributed by atoms with Gasteiger partial charge in [-0.15, -0.1) is 0 Å². The van der Waals surface area contributed by atoms with Crippen LogP contribution in [0.25, 0.3) is 0 Å². The summed E-state index contributed by atoms with van der Waals surface area (Å²) in [5.74, 6) is 0.523. The highest BCUT2D eigenvalue weighted by molar-refractivity contribution is 4.97. The average molecular weight is 171 g/mol. The van der Waals surface area contributed by atoms with Gasteiger partial charge in [0.1, 0.15) is 12.0 Å². The van der Waals surface area contributed by atoms with Crippen LogP contribution in [0.5, 0.6) is 0 Å². The van der Waals surface area contributed by atoms with Crippen LogP contribution in [0.15, 0.2) is 0 Å². The maximum absolute atomic E-state index is 9.89. The molecule has 1 aliphatic carbocycles. The Hall–Kier alpha value is -0.120. The highest BCUT2D eigenvalue weighted by atomic mass is 16.3. The molecule has 70 valence electrons. The Morgan fingerprint density at radius 2 is 2.00 bits per heavy atom. The van der Waals surface area contributed by atoms with Gasteiger partial charge >= 0.3 is 0 Å². The first kappa shape index (κ1) is 8.48. The third-order valence-electron chi connectivity index (χ3n) is 3.39. The summed E-state index contributed by atoms with van der Waals surface area (Å²) in [6, 6.07) is 0. The molecule has 12 heavy (non-hydrogen) atoms. The first-order valence-electron chi connectivity index (χ1n) is 4.79. The van der Waals surface area contributed by atoms with Crippen LogP contribution >= 0.6 is 0 Å². The summed E-state index contributed by atoms with van der Waals surface area (Å²) in [5, 5.41) is 22.3. The van der Waals surface area contributed by atoms with E-state index in [0.717, 1.165) is 12.8 Å². The minimum absolute atomic E-state index is 0.251. The second-order valence-electron chi connectivity index (χ2n) is 4.29. The number of hydrogen-bond acceptors (Lipinski definition) is 3. The topological polar surface area (TPSA) is 52.5 Å². The summed E-state index contributed by atoms with van der Waals surface area (Å²) in [6.07, 6.45) is 3.98. The Balaban J connectivity index is 2.16. The van der Waals surface area contributed by atoms with Crippen molar-refractivity contribution in [2.75, 3.05) is 0 Å². The quantitative estimate of drug-likeness (QED) is 0.495. The van der Waals surface area contributed by atoms with Crippen LogP contribution in [-0.2, 0) is 0 Å². The van der Waals surface area contributed by atoms with Crippen LogP contribution in [0.4, 0.5) is 0 Å². The van der Waals surface area contributed by atoms with E-state index in [4.69, 9.17) is 0 Å². The molecule has 0 bridgehead atoms. The maximum Gasteiger partial charge on any atom is 0.118 e. The van der Waals surface area contributed by atoms with Crippen molar-refractivity contribution in [3.63, 3.8) is 0 Å². The molecule has 0 radical (unpaired) electrons. The SMILES string of the molecule is CC1(O)NC(O)C2CCCCC21. The van der Waals surface area contributed by atoms with Gasteiger partial charge in [-0.2, -0.15) is 0 Å². The molecule has 2 aliphatic rings. The standard InChI is InChI=1S/C9H17NO2/c1-9(12)7-5-3-2-4-6(7)8(11)10-9/h6-8,10-12H,2-5H2,1H3. The number of hydrogen-bond donors (Lipinski definition) is 3. The molecular formula is C9H17NO2. The van der Waals surface area contributed by atoms with Gasteiger partial charge in [0.05, 0.1) is 0 Å². The fraction of sp³-hybridized carbons (Fsp3) is 1.00. The molecule has 1 aliphatic heterocycles. The Bertz CT molecular complexity index is 181. The maximum atomic E-state index is 9.89. The molecule has 3 nitrogen and oxygen atoms in total. The molecule has 0 spiro atoms. The fourth-order valence-corrected chi connectivity index (χ4v) is 2.75. The summed E-state index contributed by atoms with van der Waals surface area (Å²) in [6.45, 7) is 1.77. The molecule has 0 amide bonds. The molecule has 4 unspecified atom stereocenters. The first-order valence-corrected chi connectivity index (χ1v) is 4.79. The number of nitrogens with one attached hydrogen (secondary N) is 1. The lowest BCUT2D eigenvalue weighted by Crippen LogP contribution is -2.43. The van der Waals surface area contributed by atoms with Crippen molar-refractivity contribution in [2.24, 2.45) is 11.8 Å². The molecule has 2 fully saturated rings. The lowest BCUT2D eigenvalue weighted by molar-refractivity contribution is -0.0222. The van der Waals surface area contributed by atoms with Crippen LogP contribution in [0.2, 0.25) is 0 Å². The van der Waals surface area contributed by atoms with Crippen LogP contribution in [0, 0.1) is 11.8 Å². The molecule has 3 N–H and O–H groups in total. The summed E-state index contributed by atoms with van der Waals surface area (Å²) in [7, 11) is 0. The van der Waals surface area contributed by atoms with Gasteiger partial charge in [-0.25, -0.2) is 0 Å². The van der Waals surface area contributed by atoms with E-state index in [-0.39, 0.29) is 11.8 Å². The minimum atomic E-state index is -0.843.